The fraction of sp³-hybridized carbons (Fsp3) is 0. The minimum Gasteiger partial charge on any atom is -0.385 e. The lowest BCUT2D eigenvalue weighted by molar-refractivity contribution is 0.584. The number of nitrogens with two attached hydrogens (primary N) is 1. The molecule has 0 amide bonds. The second kappa shape index (κ2) is 1.89. The van der Waals surface area contributed by atoms with Crippen molar-refractivity contribution in [1.82, 2.24) is 4.98 Å². The normalized spacial score (nSPS) is 9.44. The van der Waals surface area contributed by atoms with Gasteiger partial charge in [-0.2, -0.15) is 4.39 Å². The smallest absolute Gasteiger partial charge is 0.196 e. The summed E-state index contributed by atoms with van der Waals surface area (Å²) in [6.07, 6.45) is 0. The summed E-state index contributed by atoms with van der Waals surface area (Å²) in [6.45, 7) is 0. The van der Waals surface area contributed by atoms with E-state index < -0.39 is 11.4 Å². The number of H-pyrrole nitrogens is 1. The molecule has 3 nitrogen and oxygen atoms in total. The molecule has 1 aromatic heterocycles. The van der Waals surface area contributed by atoms with Crippen LogP contribution in [-0.2, 0) is 0 Å². The molecule has 9 heavy (non-hydrogen) atoms. The second-order valence-corrected chi connectivity index (χ2v) is 1.62. The molecule has 0 spiro atoms. The van der Waals surface area contributed by atoms with Gasteiger partial charge < -0.3 is 10.7 Å². The van der Waals surface area contributed by atoms with Crippen LogP contribution < -0.4 is 11.2 Å². The molecule has 1 rings (SSSR count). The van der Waals surface area contributed by atoms with Crippen LogP contribution in [0.15, 0.2) is 16.9 Å². The summed E-state index contributed by atoms with van der Waals surface area (Å²) in [5, 5.41) is 0. The maximum absolute atomic E-state index is 12.1. The fourth-order valence-electron chi connectivity index (χ4n) is 0.530. The van der Waals surface area contributed by atoms with Crippen molar-refractivity contribution >= 4 is 5.82 Å². The average Bonchev–Trinajstić information content (AvgIpc) is 1.59. The molecular formula is C5H5FN2O. The van der Waals surface area contributed by atoms with Crippen LogP contribution in [0.3, 0.4) is 0 Å². The Bertz CT molecular complexity index is 245. The number of aromatic amines is 1. The number of nitrogens with one attached hydrogen (secondary N) is 1. The molecule has 0 saturated carbocycles. The van der Waals surface area contributed by atoms with Crippen molar-refractivity contribution in [2.75, 3.05) is 5.73 Å². The molecule has 0 aliphatic carbocycles. The molecule has 0 atom stereocenters. The Hall–Kier alpha value is -1.32. The summed E-state index contributed by atoms with van der Waals surface area (Å²) in [4.78, 5) is 12.5. The van der Waals surface area contributed by atoms with Crippen LogP contribution in [0.5, 0.6) is 0 Å². The maximum atomic E-state index is 12.1. The van der Waals surface area contributed by atoms with Gasteiger partial charge in [0.05, 0.1) is 0 Å². The zero-order valence-corrected chi connectivity index (χ0v) is 4.52. The fourth-order valence-corrected chi connectivity index (χ4v) is 0.530. The molecule has 0 radical (unpaired) electrons. The predicted octanol–water partition coefficient (Wildman–Crippen LogP) is 0.0962. The predicted molar refractivity (Wildman–Crippen MR) is 31.4 cm³/mol. The highest BCUT2D eigenvalue weighted by atomic mass is 19.1. The van der Waals surface area contributed by atoms with Gasteiger partial charge in [0.25, 0.3) is 0 Å². The third-order valence-electron chi connectivity index (χ3n) is 0.830. The largest absolute Gasteiger partial charge is 0.385 e. The first kappa shape index (κ1) is 5.81. The number of nitrogen functional groups attached to an aromatic ring is 1. The van der Waals surface area contributed by atoms with Gasteiger partial charge in [0.1, 0.15) is 5.82 Å². The van der Waals surface area contributed by atoms with E-state index in [2.05, 4.69) is 4.98 Å². The molecule has 0 fully saturated rings. The Morgan fingerprint density at radius 2 is 2.22 bits per heavy atom. The minimum atomic E-state index is -0.708. The summed E-state index contributed by atoms with van der Waals surface area (Å²) < 4.78 is 12.1. The summed E-state index contributed by atoms with van der Waals surface area (Å²) in [7, 11) is 0. The van der Waals surface area contributed by atoms with Gasteiger partial charge in [-0.15, -0.1) is 0 Å². The Morgan fingerprint density at radius 3 is 2.67 bits per heavy atom. The van der Waals surface area contributed by atoms with Crippen LogP contribution in [0, 0.1) is 5.95 Å². The average molecular weight is 128 g/mol. The summed E-state index contributed by atoms with van der Waals surface area (Å²) >= 11 is 0. The molecular weight excluding hydrogens is 123 g/mol. The molecule has 4 heteroatoms. The number of hydrogen-bond donors (Lipinski definition) is 2. The summed E-state index contributed by atoms with van der Waals surface area (Å²) in [5.41, 5.74) is 4.64. The van der Waals surface area contributed by atoms with Gasteiger partial charge in [-0.25, -0.2) is 0 Å². The first-order valence-electron chi connectivity index (χ1n) is 2.34. The van der Waals surface area contributed by atoms with Crippen molar-refractivity contribution < 1.29 is 4.39 Å². The highest BCUT2D eigenvalue weighted by Crippen LogP contribution is 1.91. The number of pyridine rings is 1. The highest BCUT2D eigenvalue weighted by molar-refractivity contribution is 5.25. The second-order valence-electron chi connectivity index (χ2n) is 1.62. The van der Waals surface area contributed by atoms with E-state index in [0.717, 1.165) is 12.1 Å². The molecule has 1 heterocycles. The van der Waals surface area contributed by atoms with E-state index in [9.17, 15) is 9.18 Å². The van der Waals surface area contributed by atoms with Gasteiger partial charge in [0, 0.05) is 12.1 Å². The SMILES string of the molecule is Nc1cc(=O)cc(F)[nH]1. The lowest BCUT2D eigenvalue weighted by Crippen LogP contribution is -2.03. The van der Waals surface area contributed by atoms with Gasteiger partial charge in [0.15, 0.2) is 11.4 Å². The molecule has 1 aromatic rings. The first-order chi connectivity index (χ1) is 4.18. The third-order valence-corrected chi connectivity index (χ3v) is 0.830. The van der Waals surface area contributed by atoms with E-state index in [-0.39, 0.29) is 5.82 Å². The van der Waals surface area contributed by atoms with Crippen molar-refractivity contribution in [2.45, 2.75) is 0 Å². The maximum Gasteiger partial charge on any atom is 0.196 e. The number of aromatic nitrogens is 1. The number of rotatable bonds is 0. The molecule has 0 unspecified atom stereocenters. The van der Waals surface area contributed by atoms with Gasteiger partial charge in [-0.3, -0.25) is 4.79 Å². The van der Waals surface area contributed by atoms with Crippen molar-refractivity contribution in [1.29, 1.82) is 0 Å². The molecule has 0 aliphatic heterocycles. The van der Waals surface area contributed by atoms with Gasteiger partial charge in [-0.05, 0) is 0 Å². The van der Waals surface area contributed by atoms with Crippen molar-refractivity contribution in [3.8, 4) is 0 Å². The standard InChI is InChI=1S/C5H5FN2O/c6-4-1-3(9)2-5(7)8-4/h1-2H,(H3,7,8,9). The first-order valence-corrected chi connectivity index (χ1v) is 2.34. The van der Waals surface area contributed by atoms with Crippen LogP contribution in [0.25, 0.3) is 0 Å². The van der Waals surface area contributed by atoms with Gasteiger partial charge in [0.2, 0.25) is 0 Å². The summed E-state index contributed by atoms with van der Waals surface area (Å²) in [6, 6.07) is 1.94. The van der Waals surface area contributed by atoms with E-state index in [4.69, 9.17) is 5.73 Å². The zero-order chi connectivity index (χ0) is 6.85. The number of anilines is 1. The topological polar surface area (TPSA) is 58.9 Å². The lowest BCUT2D eigenvalue weighted by Gasteiger charge is -1.89. The van der Waals surface area contributed by atoms with Crippen molar-refractivity contribution in [3.63, 3.8) is 0 Å². The van der Waals surface area contributed by atoms with Crippen LogP contribution in [0.4, 0.5) is 10.2 Å². The summed E-state index contributed by atoms with van der Waals surface area (Å²) in [5.74, 6) is -0.667. The minimum absolute atomic E-state index is 0.0417. The van der Waals surface area contributed by atoms with E-state index in [1.165, 1.54) is 0 Å². The Labute approximate surface area is 50.3 Å². The van der Waals surface area contributed by atoms with Crippen molar-refractivity contribution in [2.24, 2.45) is 0 Å². The Kier molecular flexibility index (Phi) is 1.22. The molecule has 0 aliphatic rings. The molecule has 0 saturated heterocycles. The zero-order valence-electron chi connectivity index (χ0n) is 4.52. The Morgan fingerprint density at radius 1 is 1.56 bits per heavy atom. The van der Waals surface area contributed by atoms with Gasteiger partial charge in [-0.1, -0.05) is 0 Å². The van der Waals surface area contributed by atoms with Gasteiger partial charge >= 0.3 is 0 Å². The lowest BCUT2D eigenvalue weighted by atomic mass is 10.4. The van der Waals surface area contributed by atoms with E-state index in [0.29, 0.717) is 0 Å². The number of halogens is 1. The van der Waals surface area contributed by atoms with E-state index in [1.54, 1.807) is 0 Å². The van der Waals surface area contributed by atoms with E-state index >= 15 is 0 Å². The quantitative estimate of drug-likeness (QED) is 0.486. The van der Waals surface area contributed by atoms with Crippen molar-refractivity contribution in [3.05, 3.63) is 28.3 Å². The van der Waals surface area contributed by atoms with Crippen LogP contribution in [0.2, 0.25) is 0 Å². The van der Waals surface area contributed by atoms with Crippen LogP contribution in [-0.4, -0.2) is 4.98 Å². The third kappa shape index (κ3) is 1.28. The highest BCUT2D eigenvalue weighted by Gasteiger charge is 1.91. The van der Waals surface area contributed by atoms with Crippen LogP contribution >= 0.6 is 0 Å². The monoisotopic (exact) mass is 128 g/mol. The molecule has 48 valence electrons. The van der Waals surface area contributed by atoms with E-state index in [1.807, 2.05) is 0 Å². The Balaban J connectivity index is 3.33. The molecule has 3 N–H and O–H groups in total. The molecule has 0 aromatic carbocycles. The number of hydrogen-bond acceptors (Lipinski definition) is 2. The van der Waals surface area contributed by atoms with Crippen LogP contribution in [0.1, 0.15) is 0 Å². The molecule has 0 bridgehead atoms.